The van der Waals surface area contributed by atoms with Gasteiger partial charge in [0.2, 0.25) is 17.7 Å². The topological polar surface area (TPSA) is 70.6 Å². The van der Waals surface area contributed by atoms with Gasteiger partial charge in [0.1, 0.15) is 6.54 Å². The fourth-order valence-corrected chi connectivity index (χ4v) is 4.40. The van der Waals surface area contributed by atoms with Crippen LogP contribution in [0.1, 0.15) is 25.1 Å². The molecule has 0 unspecified atom stereocenters. The van der Waals surface area contributed by atoms with Crippen LogP contribution in [0.15, 0.2) is 36.5 Å². The van der Waals surface area contributed by atoms with Gasteiger partial charge in [0.25, 0.3) is 0 Å². The molecule has 3 amide bonds. The quantitative estimate of drug-likeness (QED) is 0.614. The van der Waals surface area contributed by atoms with E-state index in [-0.39, 0.29) is 54.0 Å². The Morgan fingerprint density at radius 3 is 2.44 bits per heavy atom. The maximum absolute atomic E-state index is 12.7. The summed E-state index contributed by atoms with van der Waals surface area (Å²) in [5.74, 6) is -0.797. The van der Waals surface area contributed by atoms with E-state index in [9.17, 15) is 14.4 Å². The van der Waals surface area contributed by atoms with Crippen molar-refractivity contribution in [2.24, 2.45) is 23.7 Å². The molecule has 0 radical (unpaired) electrons. The van der Waals surface area contributed by atoms with Crippen molar-refractivity contribution in [1.82, 2.24) is 14.8 Å². The highest BCUT2D eigenvalue weighted by Crippen LogP contribution is 2.52. The summed E-state index contributed by atoms with van der Waals surface area (Å²) in [6.07, 6.45) is 6.68. The van der Waals surface area contributed by atoms with Crippen LogP contribution in [-0.2, 0) is 14.4 Å². The number of nitrogens with zero attached hydrogens (tertiary/aromatic N) is 3. The number of hydrogen-bond donors (Lipinski definition) is 0. The number of hydrogen-bond acceptors (Lipinski definition) is 4. The van der Waals surface area contributed by atoms with Gasteiger partial charge in [-0.25, -0.2) is 0 Å². The Hall–Kier alpha value is -2.50. The van der Waals surface area contributed by atoms with Gasteiger partial charge in [0.05, 0.1) is 23.6 Å². The average Bonchev–Trinajstić information content (AvgIpc) is 3.31. The van der Waals surface area contributed by atoms with Crippen molar-refractivity contribution >= 4 is 17.7 Å². The minimum Gasteiger partial charge on any atom is -0.336 e. The molecular formula is C19H21N3O3. The molecule has 3 aliphatic rings. The number of rotatable bonds is 4. The molecule has 25 heavy (non-hydrogen) atoms. The van der Waals surface area contributed by atoms with Crippen molar-refractivity contribution in [2.45, 2.75) is 19.4 Å². The number of amides is 3. The van der Waals surface area contributed by atoms with Gasteiger partial charge in [-0.05, 0) is 37.3 Å². The minimum absolute atomic E-state index is 0.164. The zero-order chi connectivity index (χ0) is 17.7. The molecule has 1 saturated heterocycles. The van der Waals surface area contributed by atoms with Gasteiger partial charge >= 0.3 is 0 Å². The smallest absolute Gasteiger partial charge is 0.243 e. The first-order valence-electron chi connectivity index (χ1n) is 8.69. The normalized spacial score (nSPS) is 30.7. The Kier molecular flexibility index (Phi) is 3.71. The lowest BCUT2D eigenvalue weighted by Crippen LogP contribution is -2.43. The number of pyridine rings is 1. The molecule has 130 valence electrons. The second-order valence-corrected chi connectivity index (χ2v) is 7.20. The summed E-state index contributed by atoms with van der Waals surface area (Å²) < 4.78 is 0. The van der Waals surface area contributed by atoms with Crippen LogP contribution in [0.2, 0.25) is 0 Å². The molecule has 1 saturated carbocycles. The molecule has 2 fully saturated rings. The van der Waals surface area contributed by atoms with E-state index < -0.39 is 0 Å². The molecule has 6 heteroatoms. The molecule has 2 bridgehead atoms. The van der Waals surface area contributed by atoms with E-state index >= 15 is 0 Å². The number of aromatic nitrogens is 1. The van der Waals surface area contributed by atoms with E-state index in [1.165, 1.54) is 4.90 Å². The number of allylic oxidation sites excluding steroid dienone is 2. The van der Waals surface area contributed by atoms with Crippen LogP contribution in [0.25, 0.3) is 0 Å². The van der Waals surface area contributed by atoms with Gasteiger partial charge in [-0.3, -0.25) is 24.3 Å². The summed E-state index contributed by atoms with van der Waals surface area (Å²) in [5.41, 5.74) is 0.775. The molecule has 0 aromatic carbocycles. The predicted octanol–water partition coefficient (Wildman–Crippen LogP) is 1.41. The minimum atomic E-state index is -0.256. The van der Waals surface area contributed by atoms with Crippen molar-refractivity contribution in [3.05, 3.63) is 42.2 Å². The molecule has 1 aliphatic heterocycles. The van der Waals surface area contributed by atoms with Crippen LogP contribution in [0.5, 0.6) is 0 Å². The highest BCUT2D eigenvalue weighted by molar-refractivity contribution is 6.08. The lowest BCUT2D eigenvalue weighted by molar-refractivity contribution is -0.147. The van der Waals surface area contributed by atoms with Crippen molar-refractivity contribution in [2.75, 3.05) is 13.6 Å². The molecule has 2 heterocycles. The van der Waals surface area contributed by atoms with E-state index in [1.807, 2.05) is 25.1 Å². The summed E-state index contributed by atoms with van der Waals surface area (Å²) in [6, 6.07) is 5.32. The van der Waals surface area contributed by atoms with Crippen LogP contribution >= 0.6 is 0 Å². The summed E-state index contributed by atoms with van der Waals surface area (Å²) >= 11 is 0. The van der Waals surface area contributed by atoms with E-state index in [1.54, 1.807) is 18.1 Å². The summed E-state index contributed by atoms with van der Waals surface area (Å²) in [7, 11) is 1.68. The van der Waals surface area contributed by atoms with E-state index in [0.717, 1.165) is 12.1 Å². The Labute approximate surface area is 146 Å². The third kappa shape index (κ3) is 2.39. The first-order valence-corrected chi connectivity index (χ1v) is 8.69. The van der Waals surface area contributed by atoms with Gasteiger partial charge in [0.15, 0.2) is 0 Å². The molecule has 6 nitrogen and oxygen atoms in total. The maximum Gasteiger partial charge on any atom is 0.243 e. The van der Waals surface area contributed by atoms with Crippen molar-refractivity contribution < 1.29 is 14.4 Å². The van der Waals surface area contributed by atoms with Gasteiger partial charge < -0.3 is 4.90 Å². The summed E-state index contributed by atoms with van der Waals surface area (Å²) in [5, 5.41) is 0. The number of carbonyl (C=O) groups excluding carboxylic acids is 3. The zero-order valence-electron chi connectivity index (χ0n) is 14.3. The number of likely N-dealkylation sites (N-methyl/N-ethyl adjacent to an activating group) is 1. The second-order valence-electron chi connectivity index (χ2n) is 7.20. The molecule has 5 atom stereocenters. The first-order chi connectivity index (χ1) is 12.0. The number of imide groups is 1. The molecule has 0 N–H and O–H groups in total. The average molecular weight is 339 g/mol. The van der Waals surface area contributed by atoms with Gasteiger partial charge in [-0.1, -0.05) is 18.2 Å². The molecule has 2 aliphatic carbocycles. The van der Waals surface area contributed by atoms with E-state index in [4.69, 9.17) is 0 Å². The zero-order valence-corrected chi connectivity index (χ0v) is 14.3. The number of fused-ring (bicyclic) bond motifs is 5. The van der Waals surface area contributed by atoms with Crippen molar-refractivity contribution in [3.8, 4) is 0 Å². The molecule has 1 aromatic rings. The maximum atomic E-state index is 12.7. The Balaban J connectivity index is 1.46. The standard InChI is InChI=1S/C19H21N3O3/c1-11(14-5-3-4-8-20-14)21(2)15(23)10-22-18(24)16-12-6-7-13(9-12)17(16)19(22)25/h3-8,11-13,16-17H,9-10H2,1-2H3/t11-,12-,13-,16-,17+/m0/s1. The third-order valence-electron chi connectivity index (χ3n) is 5.95. The van der Waals surface area contributed by atoms with E-state index in [2.05, 4.69) is 17.1 Å². The number of carbonyl (C=O) groups is 3. The molecular weight excluding hydrogens is 318 g/mol. The monoisotopic (exact) mass is 339 g/mol. The third-order valence-corrected chi connectivity index (χ3v) is 5.95. The Bertz CT molecular complexity index is 730. The van der Waals surface area contributed by atoms with Crippen LogP contribution in [0, 0.1) is 23.7 Å². The fraction of sp³-hybridized carbons (Fsp3) is 0.474. The fourth-order valence-electron chi connectivity index (χ4n) is 4.40. The van der Waals surface area contributed by atoms with Gasteiger partial charge in [-0.2, -0.15) is 0 Å². The lowest BCUT2D eigenvalue weighted by atomic mass is 9.85. The molecule has 1 aromatic heterocycles. The predicted molar refractivity (Wildman–Crippen MR) is 89.9 cm³/mol. The highest BCUT2D eigenvalue weighted by atomic mass is 16.2. The largest absolute Gasteiger partial charge is 0.336 e. The Morgan fingerprint density at radius 1 is 1.24 bits per heavy atom. The lowest BCUT2D eigenvalue weighted by Gasteiger charge is -2.26. The summed E-state index contributed by atoms with van der Waals surface area (Å²) in [6.45, 7) is 1.70. The van der Waals surface area contributed by atoms with Gasteiger partial charge in [-0.15, -0.1) is 0 Å². The second kappa shape index (κ2) is 5.79. The van der Waals surface area contributed by atoms with E-state index in [0.29, 0.717) is 0 Å². The van der Waals surface area contributed by atoms with Crippen LogP contribution in [-0.4, -0.2) is 46.1 Å². The highest BCUT2D eigenvalue weighted by Gasteiger charge is 2.59. The van der Waals surface area contributed by atoms with Crippen molar-refractivity contribution in [3.63, 3.8) is 0 Å². The summed E-state index contributed by atoms with van der Waals surface area (Å²) in [4.78, 5) is 45.0. The first kappa shape index (κ1) is 16.0. The molecule has 4 rings (SSSR count). The van der Waals surface area contributed by atoms with Crippen LogP contribution < -0.4 is 0 Å². The van der Waals surface area contributed by atoms with Crippen molar-refractivity contribution in [1.29, 1.82) is 0 Å². The van der Waals surface area contributed by atoms with Crippen LogP contribution in [0.4, 0.5) is 0 Å². The SMILES string of the molecule is C[C@@H](c1ccccn1)N(C)C(=O)CN1C(=O)[C@@H]2[C@H](C1=O)[C@H]1C=C[C@H]2C1. The number of likely N-dealkylation sites (tertiary alicyclic amines) is 1. The van der Waals surface area contributed by atoms with Gasteiger partial charge in [0, 0.05) is 13.2 Å². The van der Waals surface area contributed by atoms with Crippen LogP contribution in [0.3, 0.4) is 0 Å². The molecule has 0 spiro atoms. The Morgan fingerprint density at radius 2 is 1.88 bits per heavy atom.